The molecule has 2 aromatic rings. The highest BCUT2D eigenvalue weighted by Gasteiger charge is 2.19. The van der Waals surface area contributed by atoms with Crippen molar-refractivity contribution < 1.29 is 9.47 Å². The van der Waals surface area contributed by atoms with Gasteiger partial charge in [-0.15, -0.1) is 0 Å². The van der Waals surface area contributed by atoms with Crippen molar-refractivity contribution in [1.29, 1.82) is 0 Å². The third-order valence-corrected chi connectivity index (χ3v) is 4.03. The van der Waals surface area contributed by atoms with Gasteiger partial charge in [-0.25, -0.2) is 0 Å². The number of hydrogen-bond donors (Lipinski definition) is 0. The van der Waals surface area contributed by atoms with Gasteiger partial charge in [-0.1, -0.05) is 35.9 Å². The van der Waals surface area contributed by atoms with Crippen LogP contribution in [-0.2, 0) is 22.6 Å². The fourth-order valence-electron chi connectivity index (χ4n) is 2.91. The minimum atomic E-state index is 0.234. The number of ether oxygens (including phenoxy) is 2. The summed E-state index contributed by atoms with van der Waals surface area (Å²) in [4.78, 5) is 6.87. The summed E-state index contributed by atoms with van der Waals surface area (Å²) in [6.07, 6.45) is 3.04. The maximum Gasteiger partial charge on any atom is 0.147 e. The monoisotopic (exact) mass is 312 g/mol. The molecule has 3 rings (SSSR count). The van der Waals surface area contributed by atoms with Gasteiger partial charge in [0.2, 0.25) is 0 Å². The van der Waals surface area contributed by atoms with Crippen molar-refractivity contribution in [1.82, 2.24) is 9.88 Å². The van der Waals surface area contributed by atoms with Crippen LogP contribution in [0.5, 0.6) is 0 Å². The number of aryl methyl sites for hydroxylation is 1. The van der Waals surface area contributed by atoms with Gasteiger partial charge in [0.15, 0.2) is 0 Å². The van der Waals surface area contributed by atoms with E-state index in [9.17, 15) is 0 Å². The van der Waals surface area contributed by atoms with Crippen LogP contribution in [0.1, 0.15) is 23.2 Å². The predicted octanol–water partition coefficient (Wildman–Crippen LogP) is 3.16. The van der Waals surface area contributed by atoms with Gasteiger partial charge in [-0.05, 0) is 31.0 Å². The van der Waals surface area contributed by atoms with Crippen molar-refractivity contribution in [2.24, 2.45) is 0 Å². The van der Waals surface area contributed by atoms with Gasteiger partial charge in [0, 0.05) is 25.8 Å². The van der Waals surface area contributed by atoms with Crippen molar-refractivity contribution in [3.8, 4) is 0 Å². The Kier molecular flexibility index (Phi) is 5.75. The number of rotatable bonds is 6. The molecule has 122 valence electrons. The Morgan fingerprint density at radius 3 is 2.87 bits per heavy atom. The summed E-state index contributed by atoms with van der Waals surface area (Å²) in [6.45, 7) is 5.95. The first-order valence-electron chi connectivity index (χ1n) is 8.17. The molecule has 0 N–H and O–H groups in total. The van der Waals surface area contributed by atoms with Gasteiger partial charge in [0.25, 0.3) is 0 Å². The maximum atomic E-state index is 5.72. The molecule has 23 heavy (non-hydrogen) atoms. The lowest BCUT2D eigenvalue weighted by molar-refractivity contribution is -0.145. The van der Waals surface area contributed by atoms with Crippen LogP contribution in [0, 0.1) is 6.92 Å². The standard InChI is InChI=1S/C19H24N2O2/c1-16-5-4-6-17(11-16)12-21(13-18-7-2-3-9-20-18)14-19-8-10-22-15-23-19/h2-7,9,11,19H,8,10,12-15H2,1H3/t19-/m1/s1. The Bertz CT molecular complexity index is 597. The Balaban J connectivity index is 1.69. The molecule has 1 aromatic heterocycles. The highest BCUT2D eigenvalue weighted by molar-refractivity contribution is 5.22. The summed E-state index contributed by atoms with van der Waals surface area (Å²) in [6, 6.07) is 14.8. The quantitative estimate of drug-likeness (QED) is 0.820. The minimum Gasteiger partial charge on any atom is -0.355 e. The zero-order valence-corrected chi connectivity index (χ0v) is 13.6. The van der Waals surface area contributed by atoms with Gasteiger partial charge in [0.05, 0.1) is 18.4 Å². The van der Waals surface area contributed by atoms with E-state index >= 15 is 0 Å². The molecule has 1 aromatic carbocycles. The first kappa shape index (κ1) is 16.1. The largest absolute Gasteiger partial charge is 0.355 e. The van der Waals surface area contributed by atoms with Crippen LogP contribution >= 0.6 is 0 Å². The SMILES string of the molecule is Cc1cccc(CN(Cc2ccccn2)C[C@H]2CCOCO2)c1. The van der Waals surface area contributed by atoms with Crippen LogP contribution in [0.4, 0.5) is 0 Å². The molecule has 4 nitrogen and oxygen atoms in total. The third kappa shape index (κ3) is 5.13. The van der Waals surface area contributed by atoms with Crippen molar-refractivity contribution in [2.45, 2.75) is 32.5 Å². The van der Waals surface area contributed by atoms with Crippen LogP contribution in [0.15, 0.2) is 48.7 Å². The molecule has 0 bridgehead atoms. The molecule has 4 heteroatoms. The van der Waals surface area contributed by atoms with Crippen molar-refractivity contribution in [3.63, 3.8) is 0 Å². The smallest absolute Gasteiger partial charge is 0.147 e. The summed E-state index contributed by atoms with van der Waals surface area (Å²) in [5.41, 5.74) is 3.71. The van der Waals surface area contributed by atoms with Gasteiger partial charge in [-0.3, -0.25) is 9.88 Å². The number of hydrogen-bond acceptors (Lipinski definition) is 4. The van der Waals surface area contributed by atoms with Crippen molar-refractivity contribution >= 4 is 0 Å². The van der Waals surface area contributed by atoms with E-state index in [1.807, 2.05) is 18.3 Å². The molecule has 1 atom stereocenters. The molecular weight excluding hydrogens is 288 g/mol. The molecule has 0 unspecified atom stereocenters. The van der Waals surface area contributed by atoms with Gasteiger partial charge in [0.1, 0.15) is 6.79 Å². The second kappa shape index (κ2) is 8.20. The lowest BCUT2D eigenvalue weighted by Gasteiger charge is -2.29. The molecule has 0 amide bonds. The zero-order chi connectivity index (χ0) is 15.9. The Hall–Kier alpha value is -1.75. The molecule has 2 heterocycles. The summed E-state index contributed by atoms with van der Waals surface area (Å²) >= 11 is 0. The van der Waals surface area contributed by atoms with E-state index < -0.39 is 0 Å². The molecule has 1 aliphatic rings. The zero-order valence-electron chi connectivity index (χ0n) is 13.6. The second-order valence-electron chi connectivity index (χ2n) is 6.08. The van der Waals surface area contributed by atoms with E-state index in [1.54, 1.807) is 0 Å². The Morgan fingerprint density at radius 1 is 1.17 bits per heavy atom. The molecule has 1 saturated heterocycles. The highest BCUT2D eigenvalue weighted by atomic mass is 16.7. The summed E-state index contributed by atoms with van der Waals surface area (Å²) in [7, 11) is 0. The third-order valence-electron chi connectivity index (χ3n) is 4.03. The Morgan fingerprint density at radius 2 is 2.13 bits per heavy atom. The number of nitrogens with zero attached hydrogens (tertiary/aromatic N) is 2. The van der Waals surface area contributed by atoms with E-state index in [0.29, 0.717) is 6.79 Å². The number of benzene rings is 1. The van der Waals surface area contributed by atoms with Crippen LogP contribution in [-0.4, -0.2) is 35.9 Å². The average molecular weight is 312 g/mol. The summed E-state index contributed by atoms with van der Waals surface area (Å²) in [5.74, 6) is 0. The van der Waals surface area contributed by atoms with E-state index in [1.165, 1.54) is 11.1 Å². The molecule has 0 spiro atoms. The Labute approximate surface area is 138 Å². The molecule has 1 fully saturated rings. The van der Waals surface area contributed by atoms with Crippen LogP contribution in [0.2, 0.25) is 0 Å². The molecule has 0 radical (unpaired) electrons. The first-order valence-corrected chi connectivity index (χ1v) is 8.17. The van der Waals surface area contributed by atoms with Gasteiger partial charge >= 0.3 is 0 Å². The predicted molar refractivity (Wildman–Crippen MR) is 89.8 cm³/mol. The fraction of sp³-hybridized carbons (Fsp3) is 0.421. The second-order valence-corrected chi connectivity index (χ2v) is 6.08. The molecular formula is C19H24N2O2. The molecule has 0 saturated carbocycles. The van der Waals surface area contributed by atoms with E-state index in [2.05, 4.69) is 47.1 Å². The molecule has 1 aliphatic heterocycles. The lowest BCUT2D eigenvalue weighted by Crippen LogP contribution is -2.37. The van der Waals surface area contributed by atoms with E-state index in [-0.39, 0.29) is 6.10 Å². The lowest BCUT2D eigenvalue weighted by atomic mass is 10.1. The average Bonchev–Trinajstić information content (AvgIpc) is 2.57. The van der Waals surface area contributed by atoms with E-state index in [0.717, 1.165) is 38.4 Å². The van der Waals surface area contributed by atoms with Crippen LogP contribution in [0.25, 0.3) is 0 Å². The normalized spacial score (nSPS) is 18.3. The van der Waals surface area contributed by atoms with Crippen LogP contribution < -0.4 is 0 Å². The minimum absolute atomic E-state index is 0.234. The van der Waals surface area contributed by atoms with Gasteiger partial charge < -0.3 is 9.47 Å². The topological polar surface area (TPSA) is 34.6 Å². The summed E-state index contributed by atoms with van der Waals surface area (Å²) in [5, 5.41) is 0. The molecule has 0 aliphatic carbocycles. The first-order chi connectivity index (χ1) is 11.3. The van der Waals surface area contributed by atoms with Crippen LogP contribution in [0.3, 0.4) is 0 Å². The van der Waals surface area contributed by atoms with Gasteiger partial charge in [-0.2, -0.15) is 0 Å². The van der Waals surface area contributed by atoms with Crippen molar-refractivity contribution in [3.05, 3.63) is 65.5 Å². The fourth-order valence-corrected chi connectivity index (χ4v) is 2.91. The van der Waals surface area contributed by atoms with Crippen molar-refractivity contribution in [2.75, 3.05) is 19.9 Å². The van der Waals surface area contributed by atoms with E-state index in [4.69, 9.17) is 9.47 Å². The maximum absolute atomic E-state index is 5.72. The number of pyridine rings is 1. The highest BCUT2D eigenvalue weighted by Crippen LogP contribution is 2.14. The summed E-state index contributed by atoms with van der Waals surface area (Å²) < 4.78 is 11.0. The number of aromatic nitrogens is 1.